The zero-order valence-electron chi connectivity index (χ0n) is 10.9. The second-order valence-electron chi connectivity index (χ2n) is 4.96. The van der Waals surface area contributed by atoms with Crippen molar-refractivity contribution in [3.05, 3.63) is 29.8 Å². The summed E-state index contributed by atoms with van der Waals surface area (Å²) in [7, 11) is -3.37. The lowest BCUT2D eigenvalue weighted by Crippen LogP contribution is -2.33. The van der Waals surface area contributed by atoms with Gasteiger partial charge in [-0.1, -0.05) is 31.5 Å². The molecule has 0 saturated heterocycles. The van der Waals surface area contributed by atoms with Crippen LogP contribution in [0.1, 0.15) is 32.8 Å². The molecular weight excluding hydrogens is 234 g/mol. The van der Waals surface area contributed by atoms with Crippen LogP contribution in [0, 0.1) is 12.8 Å². The van der Waals surface area contributed by atoms with Gasteiger partial charge in [-0.2, -0.15) is 0 Å². The molecule has 1 rings (SSSR count). The van der Waals surface area contributed by atoms with Crippen molar-refractivity contribution < 1.29 is 8.42 Å². The van der Waals surface area contributed by atoms with Gasteiger partial charge in [0.25, 0.3) is 0 Å². The van der Waals surface area contributed by atoms with Gasteiger partial charge < -0.3 is 0 Å². The maximum Gasteiger partial charge on any atom is 0.240 e. The lowest BCUT2D eigenvalue weighted by Gasteiger charge is -2.16. The number of sulfonamides is 1. The summed E-state index contributed by atoms with van der Waals surface area (Å²) in [4.78, 5) is 0.332. The molecule has 1 N–H and O–H groups in total. The van der Waals surface area contributed by atoms with Gasteiger partial charge in [0, 0.05) is 6.04 Å². The van der Waals surface area contributed by atoms with Crippen LogP contribution in [0.15, 0.2) is 29.2 Å². The Hall–Kier alpha value is -0.870. The van der Waals surface area contributed by atoms with Crippen LogP contribution in [0.2, 0.25) is 0 Å². The highest BCUT2D eigenvalue weighted by Crippen LogP contribution is 2.12. The molecule has 0 heterocycles. The van der Waals surface area contributed by atoms with Crippen LogP contribution in [0.3, 0.4) is 0 Å². The summed E-state index contributed by atoms with van der Waals surface area (Å²) < 4.78 is 26.7. The Balaban J connectivity index is 2.78. The van der Waals surface area contributed by atoms with E-state index in [0.717, 1.165) is 12.0 Å². The molecule has 0 saturated carbocycles. The summed E-state index contributed by atoms with van der Waals surface area (Å²) >= 11 is 0. The lowest BCUT2D eigenvalue weighted by atomic mass is 10.1. The normalized spacial score (nSPS) is 13.9. The summed E-state index contributed by atoms with van der Waals surface area (Å²) in [6.45, 7) is 7.99. The van der Waals surface area contributed by atoms with Crippen molar-refractivity contribution >= 4 is 10.0 Å². The summed E-state index contributed by atoms with van der Waals surface area (Å²) in [5.41, 5.74) is 1.05. The molecule has 0 fully saturated rings. The molecule has 96 valence electrons. The van der Waals surface area contributed by atoms with Gasteiger partial charge in [-0.05, 0) is 38.3 Å². The third-order valence-electron chi connectivity index (χ3n) is 2.51. The Morgan fingerprint density at radius 1 is 1.12 bits per heavy atom. The van der Waals surface area contributed by atoms with E-state index in [0.29, 0.717) is 10.8 Å². The molecule has 0 amide bonds. The van der Waals surface area contributed by atoms with Crippen molar-refractivity contribution in [3.8, 4) is 0 Å². The standard InChI is InChI=1S/C13H21NO2S/c1-10(2)9-12(4)14-17(15,16)13-7-5-11(3)6-8-13/h5-8,10,12,14H,9H2,1-4H3/t12-/m1/s1. The third-order valence-corrected chi connectivity index (χ3v) is 4.12. The molecule has 1 atom stereocenters. The number of rotatable bonds is 5. The number of aryl methyl sites for hydroxylation is 1. The van der Waals surface area contributed by atoms with Gasteiger partial charge in [-0.3, -0.25) is 0 Å². The maximum absolute atomic E-state index is 12.0. The second-order valence-corrected chi connectivity index (χ2v) is 6.68. The van der Waals surface area contributed by atoms with Gasteiger partial charge in [-0.15, -0.1) is 0 Å². The van der Waals surface area contributed by atoms with Crippen molar-refractivity contribution in [2.75, 3.05) is 0 Å². The Morgan fingerprint density at radius 2 is 1.65 bits per heavy atom. The lowest BCUT2D eigenvalue weighted by molar-refractivity contribution is 0.482. The van der Waals surface area contributed by atoms with Crippen LogP contribution in [0.4, 0.5) is 0 Å². The van der Waals surface area contributed by atoms with Crippen molar-refractivity contribution in [2.45, 2.75) is 45.1 Å². The zero-order chi connectivity index (χ0) is 13.1. The van der Waals surface area contributed by atoms with E-state index in [2.05, 4.69) is 18.6 Å². The van der Waals surface area contributed by atoms with Crippen LogP contribution < -0.4 is 4.72 Å². The molecule has 3 nitrogen and oxygen atoms in total. The molecule has 0 spiro atoms. The molecule has 0 bridgehead atoms. The fourth-order valence-corrected chi connectivity index (χ4v) is 3.06. The van der Waals surface area contributed by atoms with Gasteiger partial charge in [0.2, 0.25) is 10.0 Å². The van der Waals surface area contributed by atoms with Crippen molar-refractivity contribution in [1.82, 2.24) is 4.72 Å². The number of hydrogen-bond acceptors (Lipinski definition) is 2. The van der Waals surface area contributed by atoms with E-state index < -0.39 is 10.0 Å². The summed E-state index contributed by atoms with van der Waals surface area (Å²) in [6, 6.07) is 6.85. The summed E-state index contributed by atoms with van der Waals surface area (Å²) in [5.74, 6) is 0.478. The molecular formula is C13H21NO2S. The topological polar surface area (TPSA) is 46.2 Å². The van der Waals surface area contributed by atoms with E-state index >= 15 is 0 Å². The zero-order valence-corrected chi connectivity index (χ0v) is 11.7. The molecule has 1 aromatic carbocycles. The van der Waals surface area contributed by atoms with Gasteiger partial charge in [-0.25, -0.2) is 13.1 Å². The van der Waals surface area contributed by atoms with E-state index in [1.807, 2.05) is 26.0 Å². The van der Waals surface area contributed by atoms with Gasteiger partial charge in [0.1, 0.15) is 0 Å². The van der Waals surface area contributed by atoms with Crippen molar-refractivity contribution in [2.24, 2.45) is 5.92 Å². The van der Waals surface area contributed by atoms with Crippen molar-refractivity contribution in [3.63, 3.8) is 0 Å². The largest absolute Gasteiger partial charge is 0.240 e. The third kappa shape index (κ3) is 4.48. The minimum absolute atomic E-state index is 0.0405. The van der Waals surface area contributed by atoms with Crippen LogP contribution in [0.25, 0.3) is 0 Å². The smallest absolute Gasteiger partial charge is 0.208 e. The Bertz CT molecular complexity index is 449. The molecule has 0 aliphatic heterocycles. The number of benzene rings is 1. The molecule has 1 aromatic rings. The number of nitrogens with one attached hydrogen (secondary N) is 1. The number of hydrogen-bond donors (Lipinski definition) is 1. The summed E-state index contributed by atoms with van der Waals surface area (Å²) in [6.07, 6.45) is 0.838. The first-order valence-electron chi connectivity index (χ1n) is 5.90. The highest BCUT2D eigenvalue weighted by atomic mass is 32.2. The highest BCUT2D eigenvalue weighted by Gasteiger charge is 2.17. The summed E-state index contributed by atoms with van der Waals surface area (Å²) in [5, 5.41) is 0. The van der Waals surface area contributed by atoms with Crippen molar-refractivity contribution in [1.29, 1.82) is 0 Å². The van der Waals surface area contributed by atoms with Crippen LogP contribution in [-0.2, 0) is 10.0 Å². The molecule has 0 aliphatic rings. The average molecular weight is 255 g/mol. The SMILES string of the molecule is Cc1ccc(S(=O)(=O)N[C@H](C)CC(C)C)cc1. The second kappa shape index (κ2) is 5.65. The first kappa shape index (κ1) is 14.2. The Labute approximate surface area is 104 Å². The van der Waals surface area contributed by atoms with Gasteiger partial charge >= 0.3 is 0 Å². The molecule has 0 aromatic heterocycles. The van der Waals surface area contributed by atoms with E-state index in [9.17, 15) is 8.42 Å². The maximum atomic E-state index is 12.0. The predicted octanol–water partition coefficient (Wildman–Crippen LogP) is 2.71. The van der Waals surface area contributed by atoms with Crippen LogP contribution in [-0.4, -0.2) is 14.5 Å². The van der Waals surface area contributed by atoms with E-state index in [4.69, 9.17) is 0 Å². The fraction of sp³-hybridized carbons (Fsp3) is 0.538. The molecule has 4 heteroatoms. The predicted molar refractivity (Wildman–Crippen MR) is 70.4 cm³/mol. The first-order valence-corrected chi connectivity index (χ1v) is 7.38. The highest BCUT2D eigenvalue weighted by molar-refractivity contribution is 7.89. The Kier molecular flexibility index (Phi) is 4.71. The molecule has 17 heavy (non-hydrogen) atoms. The van der Waals surface area contributed by atoms with E-state index in [-0.39, 0.29) is 6.04 Å². The monoisotopic (exact) mass is 255 g/mol. The minimum atomic E-state index is -3.37. The van der Waals surface area contributed by atoms with E-state index in [1.54, 1.807) is 12.1 Å². The van der Waals surface area contributed by atoms with E-state index in [1.165, 1.54) is 0 Å². The van der Waals surface area contributed by atoms with Gasteiger partial charge in [0.05, 0.1) is 4.90 Å². The molecule has 0 aliphatic carbocycles. The van der Waals surface area contributed by atoms with Crippen LogP contribution in [0.5, 0.6) is 0 Å². The molecule has 0 unspecified atom stereocenters. The Morgan fingerprint density at radius 3 is 2.12 bits per heavy atom. The minimum Gasteiger partial charge on any atom is -0.208 e. The van der Waals surface area contributed by atoms with Crippen LogP contribution >= 0.6 is 0 Å². The quantitative estimate of drug-likeness (QED) is 0.879. The fourth-order valence-electron chi connectivity index (χ4n) is 1.81. The molecule has 0 radical (unpaired) electrons. The average Bonchev–Trinajstić information content (AvgIpc) is 2.15. The first-order chi connectivity index (χ1) is 7.81. The van der Waals surface area contributed by atoms with Gasteiger partial charge in [0.15, 0.2) is 0 Å².